The Morgan fingerprint density at radius 3 is 2.67 bits per heavy atom. The number of likely N-dealkylation sites (N-methyl/N-ethyl adjacent to an activating group) is 1. The van der Waals surface area contributed by atoms with Gasteiger partial charge in [-0.2, -0.15) is 5.26 Å². The highest BCUT2D eigenvalue weighted by Crippen LogP contribution is 2.59. The molecule has 222 valence electrons. The molecule has 1 fully saturated rings. The highest BCUT2D eigenvalue weighted by molar-refractivity contribution is 5.81. The van der Waals surface area contributed by atoms with Crippen LogP contribution in [0, 0.1) is 25.2 Å². The first-order valence-electron chi connectivity index (χ1n) is 14.5. The summed E-state index contributed by atoms with van der Waals surface area (Å²) in [5.74, 6) is 1.60. The first-order chi connectivity index (χ1) is 20.2. The minimum atomic E-state index is -0.528. The van der Waals surface area contributed by atoms with Crippen molar-refractivity contribution in [2.24, 2.45) is 0 Å². The lowest BCUT2D eigenvalue weighted by Gasteiger charge is -2.57. The third-order valence-corrected chi connectivity index (χ3v) is 8.98. The molecule has 0 saturated carbocycles. The number of carbonyl (C=O) groups is 1. The quantitative estimate of drug-likeness (QED) is 0.283. The van der Waals surface area contributed by atoms with Crippen LogP contribution in [0.3, 0.4) is 0 Å². The van der Waals surface area contributed by atoms with E-state index < -0.39 is 18.1 Å². The molecule has 4 aliphatic rings. The lowest BCUT2D eigenvalue weighted by Crippen LogP contribution is -2.62. The van der Waals surface area contributed by atoms with Gasteiger partial charge in [0.25, 0.3) is 0 Å². The Labute approximate surface area is 246 Å². The molecule has 42 heavy (non-hydrogen) atoms. The molecule has 4 atom stereocenters. The number of methoxy groups -OCH3 is 1. The molecule has 0 aliphatic carbocycles. The van der Waals surface area contributed by atoms with Gasteiger partial charge in [-0.05, 0) is 50.9 Å². The topological polar surface area (TPSA) is 114 Å². The molecule has 2 unspecified atom stereocenters. The molecule has 0 radical (unpaired) electrons. The second-order valence-electron chi connectivity index (χ2n) is 11.4. The van der Waals surface area contributed by atoms with Crippen molar-refractivity contribution in [2.75, 3.05) is 34.2 Å². The molecule has 2 aromatic carbocycles. The Hall–Kier alpha value is -3.94. The number of piperazine rings is 1. The van der Waals surface area contributed by atoms with Crippen molar-refractivity contribution in [2.45, 2.75) is 71.1 Å². The van der Waals surface area contributed by atoms with Crippen molar-refractivity contribution in [1.29, 1.82) is 5.26 Å². The van der Waals surface area contributed by atoms with Crippen LogP contribution in [0.1, 0.15) is 72.2 Å². The molecule has 6 rings (SSSR count). The molecule has 0 spiro atoms. The first kappa shape index (κ1) is 28.2. The number of hydrogen-bond acceptors (Lipinski definition) is 10. The summed E-state index contributed by atoms with van der Waals surface area (Å²) in [6.07, 6.45) is 4.46. The number of carbonyl (C=O) groups excluding carboxylic acids is 1. The first-order valence-corrected chi connectivity index (χ1v) is 14.5. The molecule has 0 amide bonds. The summed E-state index contributed by atoms with van der Waals surface area (Å²) in [5, 5.41) is 22.3. The van der Waals surface area contributed by atoms with Gasteiger partial charge in [0, 0.05) is 47.5 Å². The van der Waals surface area contributed by atoms with Gasteiger partial charge in [0.2, 0.25) is 6.79 Å². The number of nitriles is 1. The Balaban J connectivity index is 1.64. The van der Waals surface area contributed by atoms with Gasteiger partial charge < -0.3 is 33.7 Å². The SMILES string of the molecule is CCCCOC[C@H]1c2c(c(OC(C)=O)c(C)c3c2OCO3)C=C2C3c4c(cc(C)c(OC)c4O)CC([C@H](C#N)N21)N3C. The number of benzene rings is 2. The highest BCUT2D eigenvalue weighted by atomic mass is 16.7. The molecule has 0 aromatic heterocycles. The average molecular weight is 576 g/mol. The maximum atomic E-state index is 12.3. The van der Waals surface area contributed by atoms with E-state index in [-0.39, 0.29) is 24.6 Å². The van der Waals surface area contributed by atoms with Gasteiger partial charge in [-0.1, -0.05) is 19.4 Å². The third-order valence-electron chi connectivity index (χ3n) is 8.98. The van der Waals surface area contributed by atoms with Crippen LogP contribution in [0.5, 0.6) is 28.7 Å². The Bertz CT molecular complexity index is 1530. The molecule has 1 saturated heterocycles. The van der Waals surface area contributed by atoms with E-state index in [1.807, 2.05) is 27.0 Å². The second kappa shape index (κ2) is 10.7. The summed E-state index contributed by atoms with van der Waals surface area (Å²) in [5.41, 5.74) is 5.52. The fourth-order valence-corrected chi connectivity index (χ4v) is 7.16. The minimum Gasteiger partial charge on any atom is -0.504 e. The zero-order chi connectivity index (χ0) is 29.9. The number of phenols is 1. The zero-order valence-electron chi connectivity index (χ0n) is 24.9. The lowest BCUT2D eigenvalue weighted by molar-refractivity contribution is -0.131. The standard InChI is InChI=1S/C32H37N3O7/c1-7-8-9-39-14-24-26-20(30(42-18(4)36)17(3)31-32(26)41-15-40-31)12-22-27-25-19(10-16(2)29(38-6)28(25)37)11-21(34(27)5)23(13-33)35(22)24/h10,12,21,23-24,27,37H,7-9,11,14-15H2,1-6H3/t21?,23-,24-,27?/m0/s1. The highest BCUT2D eigenvalue weighted by Gasteiger charge is 2.53. The van der Waals surface area contributed by atoms with Crippen molar-refractivity contribution in [1.82, 2.24) is 9.80 Å². The number of aryl methyl sites for hydroxylation is 1. The van der Waals surface area contributed by atoms with Gasteiger partial charge in [-0.15, -0.1) is 0 Å². The number of phenolic OH excluding ortho intramolecular Hbond substituents is 1. The monoisotopic (exact) mass is 575 g/mol. The van der Waals surface area contributed by atoms with E-state index in [1.54, 1.807) is 7.11 Å². The number of hydrogen-bond donors (Lipinski definition) is 1. The third kappa shape index (κ3) is 4.09. The maximum absolute atomic E-state index is 12.3. The lowest BCUT2D eigenvalue weighted by atomic mass is 9.75. The summed E-state index contributed by atoms with van der Waals surface area (Å²) in [4.78, 5) is 16.6. The van der Waals surface area contributed by atoms with Crippen LogP contribution in [0.25, 0.3) is 6.08 Å². The molecule has 10 heteroatoms. The summed E-state index contributed by atoms with van der Waals surface area (Å²) < 4.78 is 29.6. The second-order valence-corrected chi connectivity index (χ2v) is 11.4. The summed E-state index contributed by atoms with van der Waals surface area (Å²) in [6.45, 7) is 8.15. The number of aromatic hydroxyl groups is 1. The fourth-order valence-electron chi connectivity index (χ4n) is 7.16. The minimum absolute atomic E-state index is 0.0438. The van der Waals surface area contributed by atoms with Gasteiger partial charge in [-0.3, -0.25) is 9.69 Å². The van der Waals surface area contributed by atoms with Crippen LogP contribution in [-0.2, 0) is 16.0 Å². The van der Waals surface area contributed by atoms with E-state index in [4.69, 9.17) is 23.7 Å². The van der Waals surface area contributed by atoms with Gasteiger partial charge in [-0.25, -0.2) is 0 Å². The summed E-state index contributed by atoms with van der Waals surface area (Å²) in [7, 11) is 3.55. The largest absolute Gasteiger partial charge is 0.504 e. The van der Waals surface area contributed by atoms with Gasteiger partial charge >= 0.3 is 5.97 Å². The van der Waals surface area contributed by atoms with Crippen LogP contribution < -0.4 is 18.9 Å². The number of esters is 1. The molecule has 2 aromatic rings. The van der Waals surface area contributed by atoms with Gasteiger partial charge in [0.1, 0.15) is 11.8 Å². The zero-order valence-corrected chi connectivity index (χ0v) is 24.9. The number of unbranched alkanes of at least 4 members (excludes halogenated alkanes) is 1. The number of rotatable bonds is 7. The predicted octanol–water partition coefficient (Wildman–Crippen LogP) is 4.69. The van der Waals surface area contributed by atoms with Crippen molar-refractivity contribution in [3.63, 3.8) is 0 Å². The molecular weight excluding hydrogens is 538 g/mol. The van der Waals surface area contributed by atoms with E-state index in [1.165, 1.54) is 6.92 Å². The number of ether oxygens (including phenoxy) is 5. The van der Waals surface area contributed by atoms with Crippen molar-refractivity contribution in [3.05, 3.63) is 45.1 Å². The summed E-state index contributed by atoms with van der Waals surface area (Å²) >= 11 is 0. The Morgan fingerprint density at radius 2 is 1.98 bits per heavy atom. The predicted molar refractivity (Wildman–Crippen MR) is 154 cm³/mol. The van der Waals surface area contributed by atoms with Crippen molar-refractivity contribution < 1.29 is 33.6 Å². The summed E-state index contributed by atoms with van der Waals surface area (Å²) in [6, 6.07) is 3.16. The maximum Gasteiger partial charge on any atom is 0.308 e. The molecule has 4 heterocycles. The van der Waals surface area contributed by atoms with Crippen LogP contribution in [0.2, 0.25) is 0 Å². The van der Waals surface area contributed by atoms with E-state index in [0.29, 0.717) is 53.8 Å². The van der Waals surface area contributed by atoms with Crippen molar-refractivity contribution in [3.8, 4) is 34.8 Å². The normalized spacial score (nSPS) is 23.4. The van der Waals surface area contributed by atoms with E-state index in [2.05, 4.69) is 28.9 Å². The van der Waals surface area contributed by atoms with Crippen LogP contribution in [-0.4, -0.2) is 67.1 Å². The molecular formula is C32H37N3O7. The Kier molecular flexibility index (Phi) is 7.19. The molecule has 2 bridgehead atoms. The van der Waals surface area contributed by atoms with Crippen LogP contribution in [0.15, 0.2) is 11.8 Å². The smallest absolute Gasteiger partial charge is 0.308 e. The van der Waals surface area contributed by atoms with E-state index in [0.717, 1.165) is 40.8 Å². The van der Waals surface area contributed by atoms with Gasteiger partial charge in [0.05, 0.1) is 31.9 Å². The van der Waals surface area contributed by atoms with E-state index in [9.17, 15) is 15.2 Å². The average Bonchev–Trinajstić information content (AvgIpc) is 3.44. The molecule has 4 aliphatic heterocycles. The Morgan fingerprint density at radius 1 is 1.21 bits per heavy atom. The van der Waals surface area contributed by atoms with Crippen molar-refractivity contribution >= 4 is 12.0 Å². The number of fused-ring (bicyclic) bond motifs is 9. The molecule has 1 N–H and O–H groups in total. The van der Waals surface area contributed by atoms with Crippen LogP contribution >= 0.6 is 0 Å². The van der Waals surface area contributed by atoms with Gasteiger partial charge in [0.15, 0.2) is 23.0 Å². The fraction of sp³-hybridized carbons (Fsp3) is 0.500. The van der Waals surface area contributed by atoms with E-state index >= 15 is 0 Å². The molecule has 10 nitrogen and oxygen atoms in total. The van der Waals surface area contributed by atoms with Crippen LogP contribution in [0.4, 0.5) is 0 Å². The number of nitrogens with zero attached hydrogens (tertiary/aromatic N) is 3.